The fraction of sp³-hybridized carbons (Fsp3) is 0.714. The van der Waals surface area contributed by atoms with Crippen molar-refractivity contribution in [1.82, 2.24) is 4.90 Å². The smallest absolute Gasteiger partial charge is 0.138 e. The second kappa shape index (κ2) is 1.94. The van der Waals surface area contributed by atoms with Crippen LogP contribution in [-0.2, 0) is 0 Å². The lowest BCUT2D eigenvalue weighted by atomic mass is 10.2. The van der Waals surface area contributed by atoms with Gasteiger partial charge >= 0.3 is 0 Å². The molecule has 1 saturated heterocycles. The van der Waals surface area contributed by atoms with Gasteiger partial charge in [-0.15, -0.1) is 0 Å². The molecule has 3 heteroatoms. The quantitative estimate of drug-likeness (QED) is 0.496. The summed E-state index contributed by atoms with van der Waals surface area (Å²) in [5, 5.41) is 0. The summed E-state index contributed by atoms with van der Waals surface area (Å²) < 4.78 is 25.1. The minimum absolute atomic E-state index is 0.371. The van der Waals surface area contributed by atoms with E-state index < -0.39 is 12.3 Å². The number of rotatable bonds is 0. The van der Waals surface area contributed by atoms with Crippen molar-refractivity contribution in [3.63, 3.8) is 0 Å². The normalized spacial score (nSPS) is 38.2. The molecule has 0 aromatic rings. The van der Waals surface area contributed by atoms with E-state index in [1.165, 1.54) is 6.08 Å². The Kier molecular flexibility index (Phi) is 1.19. The predicted octanol–water partition coefficient (Wildman–Crippen LogP) is 1.27. The van der Waals surface area contributed by atoms with Gasteiger partial charge in [0.25, 0.3) is 0 Å². The predicted molar refractivity (Wildman–Crippen MR) is 34.1 cm³/mol. The molecule has 2 aliphatic rings. The molecule has 0 bridgehead atoms. The van der Waals surface area contributed by atoms with Gasteiger partial charge in [0.1, 0.15) is 12.3 Å². The summed E-state index contributed by atoms with van der Waals surface area (Å²) in [7, 11) is 0. The first-order valence-electron chi connectivity index (χ1n) is 3.49. The molecule has 0 spiro atoms. The zero-order valence-electron chi connectivity index (χ0n) is 5.56. The van der Waals surface area contributed by atoms with Gasteiger partial charge < -0.3 is 4.90 Å². The molecule has 0 unspecified atom stereocenters. The third-order valence-electron chi connectivity index (χ3n) is 2.02. The van der Waals surface area contributed by atoms with Gasteiger partial charge in [0.15, 0.2) is 0 Å². The average molecular weight is 145 g/mol. The Bertz CT molecular complexity index is 178. The molecule has 2 aliphatic heterocycles. The molecule has 0 saturated carbocycles. The fourth-order valence-corrected chi connectivity index (χ4v) is 1.61. The number of alkyl halides is 2. The van der Waals surface area contributed by atoms with Crippen molar-refractivity contribution in [3.8, 4) is 0 Å². The number of fused-ring (bicyclic) bond motifs is 1. The molecule has 1 fully saturated rings. The van der Waals surface area contributed by atoms with Gasteiger partial charge in [-0.3, -0.25) is 0 Å². The number of nitrogens with zero attached hydrogens (tertiary/aromatic N) is 1. The summed E-state index contributed by atoms with van der Waals surface area (Å²) >= 11 is 0. The highest BCUT2D eigenvalue weighted by atomic mass is 19.1. The van der Waals surface area contributed by atoms with Crippen molar-refractivity contribution in [3.05, 3.63) is 11.8 Å². The molecule has 2 rings (SSSR count). The lowest BCUT2D eigenvalue weighted by molar-refractivity contribution is 0.272. The molecule has 10 heavy (non-hydrogen) atoms. The summed E-state index contributed by atoms with van der Waals surface area (Å²) in [4.78, 5) is 1.79. The van der Waals surface area contributed by atoms with Gasteiger partial charge in [0.05, 0.1) is 6.54 Å². The van der Waals surface area contributed by atoms with E-state index >= 15 is 0 Å². The molecular weight excluding hydrogens is 136 g/mol. The van der Waals surface area contributed by atoms with E-state index in [4.69, 9.17) is 0 Å². The van der Waals surface area contributed by atoms with Gasteiger partial charge in [-0.05, 0) is 6.08 Å². The molecule has 0 amide bonds. The van der Waals surface area contributed by atoms with Crippen LogP contribution in [0.4, 0.5) is 8.78 Å². The molecule has 1 nitrogen and oxygen atoms in total. The molecule has 0 radical (unpaired) electrons. The Balaban J connectivity index is 2.14. The van der Waals surface area contributed by atoms with E-state index in [2.05, 4.69) is 0 Å². The van der Waals surface area contributed by atoms with Crippen LogP contribution in [-0.4, -0.2) is 30.3 Å². The minimum atomic E-state index is -0.859. The van der Waals surface area contributed by atoms with Crippen molar-refractivity contribution >= 4 is 0 Å². The maximum atomic E-state index is 12.6. The Morgan fingerprint density at radius 1 is 1.40 bits per heavy atom. The van der Waals surface area contributed by atoms with Crippen molar-refractivity contribution in [2.75, 3.05) is 13.1 Å². The molecule has 2 atom stereocenters. The topological polar surface area (TPSA) is 3.24 Å². The molecule has 0 N–H and O–H groups in total. The van der Waals surface area contributed by atoms with E-state index in [-0.39, 0.29) is 0 Å². The van der Waals surface area contributed by atoms with Gasteiger partial charge in [0, 0.05) is 18.7 Å². The average Bonchev–Trinajstić information content (AvgIpc) is 2.21. The lowest BCUT2D eigenvalue weighted by Crippen LogP contribution is -2.21. The number of halogens is 2. The van der Waals surface area contributed by atoms with Crippen molar-refractivity contribution in [2.24, 2.45) is 0 Å². The first kappa shape index (κ1) is 6.13. The Morgan fingerprint density at radius 3 is 2.90 bits per heavy atom. The molecule has 0 aromatic carbocycles. The van der Waals surface area contributed by atoms with Crippen LogP contribution in [0.1, 0.15) is 6.42 Å². The Hall–Kier alpha value is -0.600. The van der Waals surface area contributed by atoms with E-state index in [9.17, 15) is 8.78 Å². The van der Waals surface area contributed by atoms with E-state index in [0.717, 1.165) is 5.70 Å². The summed E-state index contributed by atoms with van der Waals surface area (Å²) in [6.07, 6.45) is 0.321. The van der Waals surface area contributed by atoms with Crippen LogP contribution in [0.15, 0.2) is 11.8 Å². The highest BCUT2D eigenvalue weighted by Crippen LogP contribution is 2.29. The van der Waals surface area contributed by atoms with Crippen molar-refractivity contribution in [2.45, 2.75) is 18.8 Å². The highest BCUT2D eigenvalue weighted by molar-refractivity contribution is 5.17. The third kappa shape index (κ3) is 0.805. The monoisotopic (exact) mass is 145 g/mol. The molecular formula is C7H9F2N. The third-order valence-corrected chi connectivity index (χ3v) is 2.02. The number of allylic oxidation sites excluding steroid dienone is 1. The van der Waals surface area contributed by atoms with Gasteiger partial charge in [-0.1, -0.05) is 0 Å². The second-order valence-electron chi connectivity index (χ2n) is 2.88. The highest BCUT2D eigenvalue weighted by Gasteiger charge is 2.32. The molecule has 0 aliphatic carbocycles. The zero-order chi connectivity index (χ0) is 7.14. The second-order valence-corrected chi connectivity index (χ2v) is 2.88. The first-order chi connectivity index (χ1) is 4.75. The van der Waals surface area contributed by atoms with Crippen LogP contribution in [0, 0.1) is 0 Å². The largest absolute Gasteiger partial charge is 0.369 e. The SMILES string of the molecule is F[C@@H]1CC2=C[C@@H](F)CN2C1. The van der Waals surface area contributed by atoms with E-state index in [1.807, 2.05) is 0 Å². The van der Waals surface area contributed by atoms with E-state index in [0.29, 0.717) is 19.5 Å². The van der Waals surface area contributed by atoms with Gasteiger partial charge in [-0.2, -0.15) is 0 Å². The van der Waals surface area contributed by atoms with Crippen LogP contribution in [0.3, 0.4) is 0 Å². The first-order valence-corrected chi connectivity index (χ1v) is 3.49. The molecule has 2 heterocycles. The Labute approximate surface area is 58.3 Å². The van der Waals surface area contributed by atoms with Gasteiger partial charge in [0.2, 0.25) is 0 Å². The summed E-state index contributed by atoms with van der Waals surface area (Å²) in [5.41, 5.74) is 0.861. The van der Waals surface area contributed by atoms with Gasteiger partial charge in [-0.25, -0.2) is 8.78 Å². The standard InChI is InChI=1S/C7H9F2N/c8-5-1-7-2-6(9)4-10(7)3-5/h1,5-6H,2-4H2/t5-,6-/m1/s1. The summed E-state index contributed by atoms with van der Waals surface area (Å²) in [5.74, 6) is 0. The summed E-state index contributed by atoms with van der Waals surface area (Å²) in [6, 6.07) is 0. The fourth-order valence-electron chi connectivity index (χ4n) is 1.61. The van der Waals surface area contributed by atoms with E-state index in [1.54, 1.807) is 4.90 Å². The number of hydrogen-bond donors (Lipinski definition) is 0. The van der Waals surface area contributed by atoms with Crippen LogP contribution in [0.25, 0.3) is 0 Å². The molecule has 56 valence electrons. The van der Waals surface area contributed by atoms with Crippen LogP contribution < -0.4 is 0 Å². The lowest BCUT2D eigenvalue weighted by Gasteiger charge is -2.11. The Morgan fingerprint density at radius 2 is 2.20 bits per heavy atom. The minimum Gasteiger partial charge on any atom is -0.369 e. The maximum absolute atomic E-state index is 12.6. The maximum Gasteiger partial charge on any atom is 0.138 e. The summed E-state index contributed by atoms with van der Waals surface area (Å²) in [6.45, 7) is 0.766. The zero-order valence-corrected chi connectivity index (χ0v) is 5.56. The van der Waals surface area contributed by atoms with Crippen LogP contribution in [0.2, 0.25) is 0 Å². The van der Waals surface area contributed by atoms with Crippen LogP contribution >= 0.6 is 0 Å². The molecule has 0 aromatic heterocycles. The van der Waals surface area contributed by atoms with Crippen molar-refractivity contribution < 1.29 is 8.78 Å². The van der Waals surface area contributed by atoms with Crippen LogP contribution in [0.5, 0.6) is 0 Å². The number of hydrogen-bond acceptors (Lipinski definition) is 1. The van der Waals surface area contributed by atoms with Crippen molar-refractivity contribution in [1.29, 1.82) is 0 Å².